The van der Waals surface area contributed by atoms with Crippen LogP contribution in [0.5, 0.6) is 0 Å². The van der Waals surface area contributed by atoms with Crippen LogP contribution >= 0.6 is 12.4 Å². The van der Waals surface area contributed by atoms with Gasteiger partial charge in [0.15, 0.2) is 0 Å². The van der Waals surface area contributed by atoms with Crippen LogP contribution in [-0.2, 0) is 12.4 Å². The Morgan fingerprint density at radius 3 is 1.52 bits per heavy atom. The summed E-state index contributed by atoms with van der Waals surface area (Å²) in [6, 6.07) is -0.998. The van der Waals surface area contributed by atoms with Gasteiger partial charge < -0.3 is 5.73 Å². The number of halogens is 9. The third kappa shape index (κ3) is 5.66. The maximum absolute atomic E-state index is 12.5. The molecular weight excluding hydrogens is 334 g/mol. The monoisotopic (exact) mass is 343 g/mol. The van der Waals surface area contributed by atoms with Crippen LogP contribution in [0, 0.1) is 0 Å². The molecule has 0 fully saturated rings. The molecule has 1 aromatic carbocycles. The number of nitrogens with two attached hydrogens (primary N) is 1. The Morgan fingerprint density at radius 2 is 1.24 bits per heavy atom. The summed E-state index contributed by atoms with van der Waals surface area (Å²) < 4.78 is 99.3. The van der Waals surface area contributed by atoms with Gasteiger partial charge in [0.05, 0.1) is 11.1 Å². The first kappa shape index (κ1) is 19.9. The molecule has 0 unspecified atom stereocenters. The Balaban J connectivity index is 0.00000400. The number of hydrogen-bond acceptors (Lipinski definition) is 1. The first-order valence-electron chi connectivity index (χ1n) is 5.24. The van der Waals surface area contributed by atoms with Gasteiger partial charge in [0.1, 0.15) is 0 Å². The van der Waals surface area contributed by atoms with Crippen molar-refractivity contribution < 1.29 is 35.1 Å². The van der Waals surface area contributed by atoms with Crippen molar-refractivity contribution >= 4 is 12.4 Å². The average molecular weight is 344 g/mol. The summed E-state index contributed by atoms with van der Waals surface area (Å²) in [5, 5.41) is 0. The largest absolute Gasteiger partial charge is 0.416 e. The van der Waals surface area contributed by atoms with Crippen molar-refractivity contribution in [3.8, 4) is 0 Å². The lowest BCUT2D eigenvalue weighted by molar-refractivity contribution is -0.143. The summed E-state index contributed by atoms with van der Waals surface area (Å²) in [5.74, 6) is 0. The van der Waals surface area contributed by atoms with Crippen LogP contribution in [0.15, 0.2) is 18.2 Å². The lowest BCUT2D eigenvalue weighted by Gasteiger charge is -2.17. The minimum atomic E-state index is -5.03. The van der Waals surface area contributed by atoms with Crippen molar-refractivity contribution in [1.82, 2.24) is 0 Å². The van der Waals surface area contributed by atoms with Crippen molar-refractivity contribution in [2.45, 2.75) is 31.2 Å². The lowest BCUT2D eigenvalue weighted by atomic mass is 9.98. The third-order valence-electron chi connectivity index (χ3n) is 2.47. The van der Waals surface area contributed by atoms with Gasteiger partial charge in [-0.3, -0.25) is 0 Å². The standard InChI is InChI=1S/C11H9F8N.ClH/c12-9(13)4-8(20)5-1-6(10(14,15)16)3-7(2-5)11(17,18)19;/h1-3,8-9H,4,20H2;1H/t8-;/m1./s1. The van der Waals surface area contributed by atoms with Crippen LogP contribution < -0.4 is 5.73 Å². The minimum Gasteiger partial charge on any atom is -0.324 e. The van der Waals surface area contributed by atoms with Crippen molar-refractivity contribution in [2.24, 2.45) is 5.73 Å². The number of alkyl halides is 8. The molecule has 21 heavy (non-hydrogen) atoms. The zero-order valence-electron chi connectivity index (χ0n) is 10.1. The molecule has 0 spiro atoms. The van der Waals surface area contributed by atoms with E-state index in [0.29, 0.717) is 12.1 Å². The van der Waals surface area contributed by atoms with E-state index in [1.54, 1.807) is 0 Å². The molecule has 0 saturated carbocycles. The van der Waals surface area contributed by atoms with E-state index in [0.717, 1.165) is 0 Å². The normalized spacial score (nSPS) is 14.0. The summed E-state index contributed by atoms with van der Waals surface area (Å²) in [6.07, 6.45) is -14.0. The van der Waals surface area contributed by atoms with Gasteiger partial charge >= 0.3 is 12.4 Å². The summed E-state index contributed by atoms with van der Waals surface area (Å²) in [5.41, 5.74) is 1.42. The first-order chi connectivity index (χ1) is 8.91. The second-order valence-corrected chi connectivity index (χ2v) is 4.07. The fourth-order valence-electron chi connectivity index (χ4n) is 1.52. The molecule has 1 rings (SSSR count). The molecule has 1 aromatic rings. The molecule has 0 amide bonds. The van der Waals surface area contributed by atoms with Crippen LogP contribution in [-0.4, -0.2) is 6.43 Å². The second kappa shape index (κ2) is 6.78. The summed E-state index contributed by atoms with van der Waals surface area (Å²) in [6.45, 7) is 0. The molecule has 0 bridgehead atoms. The van der Waals surface area contributed by atoms with E-state index in [4.69, 9.17) is 5.73 Å². The molecular formula is C11H10ClF8N. The minimum absolute atomic E-state index is 0. The van der Waals surface area contributed by atoms with Gasteiger partial charge in [0.25, 0.3) is 0 Å². The van der Waals surface area contributed by atoms with E-state index >= 15 is 0 Å². The predicted octanol–water partition coefficient (Wildman–Crippen LogP) is 4.80. The molecule has 10 heteroatoms. The summed E-state index contributed by atoms with van der Waals surface area (Å²) in [4.78, 5) is 0. The van der Waals surface area contributed by atoms with Crippen LogP contribution in [0.4, 0.5) is 35.1 Å². The quantitative estimate of drug-likeness (QED) is 0.784. The van der Waals surface area contributed by atoms with Gasteiger partial charge in [0.2, 0.25) is 6.43 Å². The van der Waals surface area contributed by atoms with Crippen molar-refractivity contribution in [3.05, 3.63) is 34.9 Å². The molecule has 0 aliphatic rings. The van der Waals surface area contributed by atoms with Gasteiger partial charge in [0, 0.05) is 12.5 Å². The fourth-order valence-corrected chi connectivity index (χ4v) is 1.52. The van der Waals surface area contributed by atoms with Crippen LogP contribution in [0.1, 0.15) is 29.2 Å². The average Bonchev–Trinajstić information content (AvgIpc) is 2.25. The van der Waals surface area contributed by atoms with E-state index in [2.05, 4.69) is 0 Å². The highest BCUT2D eigenvalue weighted by Crippen LogP contribution is 2.37. The van der Waals surface area contributed by atoms with E-state index in [-0.39, 0.29) is 18.5 Å². The summed E-state index contributed by atoms with van der Waals surface area (Å²) >= 11 is 0. The topological polar surface area (TPSA) is 26.0 Å². The first-order valence-corrected chi connectivity index (χ1v) is 5.24. The van der Waals surface area contributed by atoms with Gasteiger partial charge in [-0.2, -0.15) is 26.3 Å². The molecule has 0 aliphatic carbocycles. The Bertz CT molecular complexity index is 436. The molecule has 122 valence electrons. The van der Waals surface area contributed by atoms with Gasteiger partial charge in [-0.15, -0.1) is 12.4 Å². The maximum Gasteiger partial charge on any atom is 0.416 e. The van der Waals surface area contributed by atoms with Crippen molar-refractivity contribution in [2.75, 3.05) is 0 Å². The Hall–Kier alpha value is -1.09. The molecule has 0 radical (unpaired) electrons. The fraction of sp³-hybridized carbons (Fsp3) is 0.455. The third-order valence-corrected chi connectivity index (χ3v) is 2.47. The molecule has 0 saturated heterocycles. The highest BCUT2D eigenvalue weighted by atomic mass is 35.5. The van der Waals surface area contributed by atoms with E-state index in [1.807, 2.05) is 0 Å². The zero-order valence-corrected chi connectivity index (χ0v) is 10.9. The van der Waals surface area contributed by atoms with E-state index in [9.17, 15) is 35.1 Å². The van der Waals surface area contributed by atoms with Gasteiger partial charge in [-0.1, -0.05) is 0 Å². The maximum atomic E-state index is 12.5. The SMILES string of the molecule is Cl.N[C@H](CC(F)F)c1cc(C(F)(F)F)cc(C(F)(F)F)c1. The zero-order chi connectivity index (χ0) is 15.7. The van der Waals surface area contributed by atoms with Gasteiger partial charge in [-0.05, 0) is 23.8 Å². The lowest BCUT2D eigenvalue weighted by Crippen LogP contribution is -2.18. The molecule has 0 aliphatic heterocycles. The Kier molecular flexibility index (Phi) is 6.43. The Labute approximate surface area is 120 Å². The smallest absolute Gasteiger partial charge is 0.324 e. The number of benzene rings is 1. The molecule has 1 nitrogen and oxygen atoms in total. The van der Waals surface area contributed by atoms with Crippen LogP contribution in [0.25, 0.3) is 0 Å². The predicted molar refractivity (Wildman–Crippen MR) is 61.2 cm³/mol. The number of hydrogen-bond donors (Lipinski definition) is 1. The molecule has 0 aromatic heterocycles. The van der Waals surface area contributed by atoms with Gasteiger partial charge in [-0.25, -0.2) is 8.78 Å². The van der Waals surface area contributed by atoms with E-state index in [1.165, 1.54) is 0 Å². The molecule has 2 N–H and O–H groups in total. The summed E-state index contributed by atoms with van der Waals surface area (Å²) in [7, 11) is 0. The highest BCUT2D eigenvalue weighted by Gasteiger charge is 2.37. The van der Waals surface area contributed by atoms with Crippen molar-refractivity contribution in [3.63, 3.8) is 0 Å². The highest BCUT2D eigenvalue weighted by molar-refractivity contribution is 5.85. The van der Waals surface area contributed by atoms with Crippen LogP contribution in [0.3, 0.4) is 0 Å². The molecule has 0 heterocycles. The Morgan fingerprint density at radius 1 is 0.857 bits per heavy atom. The van der Waals surface area contributed by atoms with Crippen LogP contribution in [0.2, 0.25) is 0 Å². The second-order valence-electron chi connectivity index (χ2n) is 4.07. The van der Waals surface area contributed by atoms with Crippen molar-refractivity contribution in [1.29, 1.82) is 0 Å². The van der Waals surface area contributed by atoms with E-state index < -0.39 is 47.9 Å². The number of rotatable bonds is 3. The molecule has 1 atom stereocenters.